The Bertz CT molecular complexity index is 707. The molecule has 136 valence electrons. The quantitative estimate of drug-likeness (QED) is 0.671. The molecular weight excluding hydrogens is 395 g/mol. The number of carbonyl (C=O) groups excluding carboxylic acids is 1. The van der Waals surface area contributed by atoms with E-state index in [0.29, 0.717) is 10.0 Å². The maximum Gasteiger partial charge on any atom is 0.573 e. The molecule has 1 amide bonds. The van der Waals surface area contributed by atoms with E-state index in [0.717, 1.165) is 22.2 Å². The van der Waals surface area contributed by atoms with Crippen molar-refractivity contribution >= 4 is 46.5 Å². The Hall–Kier alpha value is -1.46. The summed E-state index contributed by atoms with van der Waals surface area (Å²) >= 11 is 4.27. The van der Waals surface area contributed by atoms with Crippen LogP contribution in [0.5, 0.6) is 5.75 Å². The lowest BCUT2D eigenvalue weighted by Crippen LogP contribution is -2.22. The van der Waals surface area contributed by atoms with Crippen LogP contribution in [0.3, 0.4) is 0 Å². The number of ether oxygens (including phenoxy) is 1. The lowest BCUT2D eigenvalue weighted by Gasteiger charge is -2.12. The summed E-state index contributed by atoms with van der Waals surface area (Å²) < 4.78 is 41.6. The molecule has 1 unspecified atom stereocenters. The first-order valence-corrected chi connectivity index (χ1v) is 9.74. The van der Waals surface area contributed by atoms with Gasteiger partial charge in [-0.1, -0.05) is 41.8 Å². The van der Waals surface area contributed by atoms with Crippen LogP contribution in [0.4, 0.5) is 18.9 Å². The number of carbonyl (C=O) groups is 1. The Morgan fingerprint density at radius 1 is 1.28 bits per heavy atom. The second-order valence-electron chi connectivity index (χ2n) is 4.59. The summed E-state index contributed by atoms with van der Waals surface area (Å²) in [5, 5.41) is 10.2. The predicted octanol–water partition coefficient (Wildman–Crippen LogP) is 4.67. The highest BCUT2D eigenvalue weighted by atomic mass is 32.2. The molecule has 5 nitrogen and oxygen atoms in total. The summed E-state index contributed by atoms with van der Waals surface area (Å²) in [6.45, 7) is 3.73. The Balaban J connectivity index is 1.89. The van der Waals surface area contributed by atoms with Crippen molar-refractivity contribution in [3.05, 3.63) is 24.3 Å². The number of hydrogen-bond donors (Lipinski definition) is 1. The van der Waals surface area contributed by atoms with Gasteiger partial charge in [-0.05, 0) is 36.9 Å². The van der Waals surface area contributed by atoms with Crippen LogP contribution in [0.25, 0.3) is 0 Å². The third-order valence-corrected chi connectivity index (χ3v) is 5.78. The van der Waals surface area contributed by atoms with E-state index in [-0.39, 0.29) is 11.7 Å². The number of nitrogens with one attached hydrogen (secondary N) is 1. The molecular formula is C14H14F3N3O2S3. The summed E-state index contributed by atoms with van der Waals surface area (Å²) in [6, 6.07) is 4.97. The number of aromatic nitrogens is 2. The van der Waals surface area contributed by atoms with E-state index >= 15 is 0 Å². The second kappa shape index (κ2) is 8.77. The number of alkyl halides is 3. The standard InChI is InChI=1S/C14H14F3N3O2S3/c1-3-23-12-19-20-13(25-12)24-8(2)11(21)18-9-4-6-10(7-5-9)22-14(15,16)17/h4-8H,3H2,1-2H3,(H,18,21). The zero-order valence-corrected chi connectivity index (χ0v) is 15.6. The number of anilines is 1. The summed E-state index contributed by atoms with van der Waals surface area (Å²) in [5.74, 6) is 0.265. The van der Waals surface area contributed by atoms with Crippen molar-refractivity contribution < 1.29 is 22.7 Å². The first-order chi connectivity index (χ1) is 11.8. The highest BCUT2D eigenvalue weighted by Gasteiger charge is 2.31. The van der Waals surface area contributed by atoms with Crippen LogP contribution >= 0.6 is 34.9 Å². The molecule has 0 spiro atoms. The fourth-order valence-corrected chi connectivity index (χ4v) is 4.68. The molecule has 1 heterocycles. The molecule has 1 atom stereocenters. The lowest BCUT2D eigenvalue weighted by molar-refractivity contribution is -0.274. The van der Waals surface area contributed by atoms with Gasteiger partial charge in [0.25, 0.3) is 0 Å². The molecule has 0 aliphatic heterocycles. The van der Waals surface area contributed by atoms with Gasteiger partial charge in [-0.25, -0.2) is 0 Å². The number of nitrogens with zero attached hydrogens (tertiary/aromatic N) is 2. The van der Waals surface area contributed by atoms with Crippen LogP contribution in [0, 0.1) is 0 Å². The molecule has 2 aromatic rings. The first-order valence-electron chi connectivity index (χ1n) is 7.06. The third kappa shape index (κ3) is 6.75. The lowest BCUT2D eigenvalue weighted by atomic mass is 10.3. The molecule has 0 saturated heterocycles. The molecule has 0 aliphatic rings. The van der Waals surface area contributed by atoms with Crippen molar-refractivity contribution in [1.29, 1.82) is 0 Å². The molecule has 1 N–H and O–H groups in total. The number of halogens is 3. The molecule has 0 radical (unpaired) electrons. The van der Waals surface area contributed by atoms with E-state index in [9.17, 15) is 18.0 Å². The molecule has 1 aromatic carbocycles. The maximum atomic E-state index is 12.2. The minimum absolute atomic E-state index is 0.283. The minimum Gasteiger partial charge on any atom is -0.406 e. The van der Waals surface area contributed by atoms with Gasteiger partial charge >= 0.3 is 6.36 Å². The van der Waals surface area contributed by atoms with E-state index < -0.39 is 11.6 Å². The average molecular weight is 409 g/mol. The van der Waals surface area contributed by atoms with Crippen molar-refractivity contribution in [2.45, 2.75) is 34.1 Å². The molecule has 11 heteroatoms. The number of rotatable bonds is 7. The van der Waals surface area contributed by atoms with Crippen molar-refractivity contribution in [2.24, 2.45) is 0 Å². The van der Waals surface area contributed by atoms with Crippen LogP contribution in [-0.4, -0.2) is 33.5 Å². The Kier molecular flexibility index (Phi) is 6.96. The summed E-state index contributed by atoms with van der Waals surface area (Å²) in [4.78, 5) is 12.2. The summed E-state index contributed by atoms with van der Waals surface area (Å²) in [6.07, 6.45) is -4.74. The molecule has 25 heavy (non-hydrogen) atoms. The fourth-order valence-electron chi connectivity index (χ4n) is 1.62. The summed E-state index contributed by atoms with van der Waals surface area (Å²) in [7, 11) is 0. The van der Waals surface area contributed by atoms with Gasteiger partial charge in [-0.2, -0.15) is 0 Å². The largest absolute Gasteiger partial charge is 0.573 e. The first kappa shape index (κ1) is 19.9. The van der Waals surface area contributed by atoms with Gasteiger partial charge in [0.1, 0.15) is 5.75 Å². The van der Waals surface area contributed by atoms with Crippen LogP contribution in [-0.2, 0) is 4.79 Å². The number of amides is 1. The van der Waals surface area contributed by atoms with E-state index in [1.807, 2.05) is 6.92 Å². The number of thioether (sulfide) groups is 2. The van der Waals surface area contributed by atoms with Gasteiger partial charge < -0.3 is 10.1 Å². The number of hydrogen-bond acceptors (Lipinski definition) is 7. The van der Waals surface area contributed by atoms with Gasteiger partial charge in [-0.3, -0.25) is 4.79 Å². The van der Waals surface area contributed by atoms with Crippen molar-refractivity contribution in [3.8, 4) is 5.75 Å². The van der Waals surface area contributed by atoms with Gasteiger partial charge in [0.05, 0.1) is 5.25 Å². The van der Waals surface area contributed by atoms with Gasteiger partial charge in [-0.15, -0.1) is 23.4 Å². The second-order valence-corrected chi connectivity index (χ2v) is 8.66. The van der Waals surface area contributed by atoms with Crippen LogP contribution in [0.1, 0.15) is 13.8 Å². The third-order valence-electron chi connectivity index (χ3n) is 2.66. The Morgan fingerprint density at radius 3 is 2.52 bits per heavy atom. The topological polar surface area (TPSA) is 64.1 Å². The van der Waals surface area contributed by atoms with Crippen molar-refractivity contribution in [3.63, 3.8) is 0 Å². The van der Waals surface area contributed by atoms with Crippen LogP contribution in [0.15, 0.2) is 32.9 Å². The smallest absolute Gasteiger partial charge is 0.406 e. The zero-order valence-electron chi connectivity index (χ0n) is 13.2. The SMILES string of the molecule is CCSc1nnc(SC(C)C(=O)Nc2ccc(OC(F)(F)F)cc2)s1. The van der Waals surface area contributed by atoms with Crippen LogP contribution in [0.2, 0.25) is 0 Å². The average Bonchev–Trinajstić information content (AvgIpc) is 2.95. The van der Waals surface area contributed by atoms with Gasteiger partial charge in [0.2, 0.25) is 5.91 Å². The molecule has 1 aromatic heterocycles. The van der Waals surface area contributed by atoms with E-state index in [2.05, 4.69) is 20.3 Å². The predicted molar refractivity (Wildman–Crippen MR) is 93.4 cm³/mol. The fraction of sp³-hybridized carbons (Fsp3) is 0.357. The number of benzene rings is 1. The highest BCUT2D eigenvalue weighted by Crippen LogP contribution is 2.31. The van der Waals surface area contributed by atoms with Gasteiger partial charge in [0, 0.05) is 5.69 Å². The minimum atomic E-state index is -4.74. The summed E-state index contributed by atoms with van der Waals surface area (Å²) in [5.41, 5.74) is 0.381. The van der Waals surface area contributed by atoms with Crippen LogP contribution < -0.4 is 10.1 Å². The molecule has 2 rings (SSSR count). The monoisotopic (exact) mass is 409 g/mol. The Morgan fingerprint density at radius 2 is 1.92 bits per heavy atom. The molecule has 0 saturated carbocycles. The maximum absolute atomic E-state index is 12.2. The van der Waals surface area contributed by atoms with E-state index in [1.165, 1.54) is 35.2 Å². The van der Waals surface area contributed by atoms with E-state index in [1.54, 1.807) is 18.7 Å². The zero-order chi connectivity index (χ0) is 18.4. The molecule has 0 aliphatic carbocycles. The van der Waals surface area contributed by atoms with Gasteiger partial charge in [0.15, 0.2) is 8.68 Å². The molecule has 0 bridgehead atoms. The normalized spacial score (nSPS) is 12.7. The molecule has 0 fully saturated rings. The Labute approximate surface area is 154 Å². The highest BCUT2D eigenvalue weighted by molar-refractivity contribution is 8.03. The van der Waals surface area contributed by atoms with Crippen molar-refractivity contribution in [1.82, 2.24) is 10.2 Å². The van der Waals surface area contributed by atoms with E-state index in [4.69, 9.17) is 0 Å². The van der Waals surface area contributed by atoms with Crippen molar-refractivity contribution in [2.75, 3.05) is 11.1 Å².